The Labute approximate surface area is 124 Å². The van der Waals surface area contributed by atoms with Gasteiger partial charge in [0.2, 0.25) is 0 Å². The number of nitrogens with zero attached hydrogens (tertiary/aromatic N) is 1. The van der Waals surface area contributed by atoms with E-state index in [9.17, 15) is 9.90 Å². The zero-order valence-electron chi connectivity index (χ0n) is 11.9. The first-order chi connectivity index (χ1) is 10.2. The number of aliphatic hydroxyl groups excluding tert-OH is 1. The van der Waals surface area contributed by atoms with Crippen LogP contribution < -0.4 is 5.73 Å². The molecule has 110 valence electrons. The predicted octanol–water partition coefficient (Wildman–Crippen LogP) is 1.78. The van der Waals surface area contributed by atoms with Crippen LogP contribution in [0.15, 0.2) is 54.6 Å². The summed E-state index contributed by atoms with van der Waals surface area (Å²) in [6.07, 6.45) is 0. The SMILES string of the molecule is NCc1ccc(C(=O)N(CCO)Cc2ccccc2)cc1. The Bertz CT molecular complexity index is 567. The maximum Gasteiger partial charge on any atom is 0.254 e. The molecule has 4 nitrogen and oxygen atoms in total. The Hall–Kier alpha value is -2.17. The summed E-state index contributed by atoms with van der Waals surface area (Å²) in [7, 11) is 0. The first kappa shape index (κ1) is 15.2. The fraction of sp³-hybridized carbons (Fsp3) is 0.235. The molecule has 2 aromatic carbocycles. The molecule has 0 bridgehead atoms. The minimum Gasteiger partial charge on any atom is -0.395 e. The van der Waals surface area contributed by atoms with Crippen LogP contribution in [0.25, 0.3) is 0 Å². The average Bonchev–Trinajstić information content (AvgIpc) is 2.55. The lowest BCUT2D eigenvalue weighted by Gasteiger charge is -2.22. The third-order valence-electron chi connectivity index (χ3n) is 3.31. The van der Waals surface area contributed by atoms with Crippen LogP contribution >= 0.6 is 0 Å². The molecule has 2 aromatic rings. The summed E-state index contributed by atoms with van der Waals surface area (Å²) in [6.45, 7) is 1.20. The van der Waals surface area contributed by atoms with Crippen molar-refractivity contribution in [2.45, 2.75) is 13.1 Å². The van der Waals surface area contributed by atoms with E-state index in [1.165, 1.54) is 0 Å². The van der Waals surface area contributed by atoms with Crippen LogP contribution in [0.2, 0.25) is 0 Å². The van der Waals surface area contributed by atoms with Gasteiger partial charge in [0.05, 0.1) is 6.61 Å². The lowest BCUT2D eigenvalue weighted by Crippen LogP contribution is -2.33. The number of aliphatic hydroxyl groups is 1. The summed E-state index contributed by atoms with van der Waals surface area (Å²) in [5, 5.41) is 9.18. The van der Waals surface area contributed by atoms with E-state index in [0.29, 0.717) is 25.2 Å². The summed E-state index contributed by atoms with van der Waals surface area (Å²) >= 11 is 0. The molecule has 0 saturated heterocycles. The van der Waals surface area contributed by atoms with Crippen molar-refractivity contribution < 1.29 is 9.90 Å². The van der Waals surface area contributed by atoms with Crippen molar-refractivity contribution in [3.63, 3.8) is 0 Å². The molecule has 0 heterocycles. The Balaban J connectivity index is 2.14. The molecule has 0 spiro atoms. The van der Waals surface area contributed by atoms with E-state index >= 15 is 0 Å². The molecular weight excluding hydrogens is 264 g/mol. The van der Waals surface area contributed by atoms with Crippen molar-refractivity contribution in [2.24, 2.45) is 5.73 Å². The lowest BCUT2D eigenvalue weighted by molar-refractivity contribution is 0.0708. The molecule has 4 heteroatoms. The van der Waals surface area contributed by atoms with E-state index in [1.807, 2.05) is 42.5 Å². The number of rotatable bonds is 6. The van der Waals surface area contributed by atoms with Crippen LogP contribution in [-0.2, 0) is 13.1 Å². The smallest absolute Gasteiger partial charge is 0.254 e. The maximum atomic E-state index is 12.5. The quantitative estimate of drug-likeness (QED) is 0.849. The van der Waals surface area contributed by atoms with E-state index in [-0.39, 0.29) is 12.5 Å². The second-order valence-electron chi connectivity index (χ2n) is 4.84. The molecule has 0 aromatic heterocycles. The van der Waals surface area contributed by atoms with E-state index in [2.05, 4.69) is 0 Å². The van der Waals surface area contributed by atoms with Crippen LogP contribution in [-0.4, -0.2) is 29.1 Å². The molecule has 0 aliphatic heterocycles. The number of carbonyl (C=O) groups excluding carboxylic acids is 1. The van der Waals surface area contributed by atoms with Gasteiger partial charge in [0.15, 0.2) is 0 Å². The highest BCUT2D eigenvalue weighted by Crippen LogP contribution is 2.11. The monoisotopic (exact) mass is 284 g/mol. The summed E-state index contributed by atoms with van der Waals surface area (Å²) in [5.41, 5.74) is 8.19. The molecule has 21 heavy (non-hydrogen) atoms. The summed E-state index contributed by atoms with van der Waals surface area (Å²) < 4.78 is 0. The van der Waals surface area contributed by atoms with Gasteiger partial charge in [-0.2, -0.15) is 0 Å². The molecule has 2 rings (SSSR count). The van der Waals surface area contributed by atoms with Gasteiger partial charge >= 0.3 is 0 Å². The topological polar surface area (TPSA) is 66.6 Å². The van der Waals surface area contributed by atoms with Crippen molar-refractivity contribution in [1.29, 1.82) is 0 Å². The van der Waals surface area contributed by atoms with Crippen LogP contribution in [0.4, 0.5) is 0 Å². The minimum atomic E-state index is -0.0866. The highest BCUT2D eigenvalue weighted by atomic mass is 16.3. The van der Waals surface area contributed by atoms with Crippen molar-refractivity contribution in [2.75, 3.05) is 13.2 Å². The Morgan fingerprint density at radius 3 is 2.24 bits per heavy atom. The summed E-state index contributed by atoms with van der Waals surface area (Å²) in [4.78, 5) is 14.2. The maximum absolute atomic E-state index is 12.5. The fourth-order valence-electron chi connectivity index (χ4n) is 2.14. The normalized spacial score (nSPS) is 10.4. The third kappa shape index (κ3) is 4.15. The zero-order chi connectivity index (χ0) is 15.1. The number of nitrogens with two attached hydrogens (primary N) is 1. The Morgan fingerprint density at radius 1 is 1.00 bits per heavy atom. The van der Waals surface area contributed by atoms with Crippen molar-refractivity contribution in [3.05, 3.63) is 71.3 Å². The predicted molar refractivity (Wildman–Crippen MR) is 82.6 cm³/mol. The second kappa shape index (κ2) is 7.57. The van der Waals surface area contributed by atoms with Gasteiger partial charge in [-0.15, -0.1) is 0 Å². The largest absolute Gasteiger partial charge is 0.395 e. The van der Waals surface area contributed by atoms with E-state index in [4.69, 9.17) is 5.73 Å². The highest BCUT2D eigenvalue weighted by Gasteiger charge is 2.15. The van der Waals surface area contributed by atoms with Crippen LogP contribution in [0.1, 0.15) is 21.5 Å². The molecule has 0 radical (unpaired) electrons. The van der Waals surface area contributed by atoms with Crippen molar-refractivity contribution >= 4 is 5.91 Å². The first-order valence-corrected chi connectivity index (χ1v) is 6.97. The molecule has 0 atom stereocenters. The van der Waals surface area contributed by atoms with Gasteiger partial charge in [0.25, 0.3) is 5.91 Å². The number of hydrogen-bond acceptors (Lipinski definition) is 3. The Morgan fingerprint density at radius 2 is 1.67 bits per heavy atom. The molecule has 3 N–H and O–H groups in total. The van der Waals surface area contributed by atoms with E-state index in [0.717, 1.165) is 11.1 Å². The molecule has 0 aliphatic rings. The van der Waals surface area contributed by atoms with Gasteiger partial charge in [-0.05, 0) is 23.3 Å². The Kier molecular flexibility index (Phi) is 5.49. The van der Waals surface area contributed by atoms with Crippen LogP contribution in [0.3, 0.4) is 0 Å². The average molecular weight is 284 g/mol. The lowest BCUT2D eigenvalue weighted by atomic mass is 10.1. The first-order valence-electron chi connectivity index (χ1n) is 6.97. The van der Waals surface area contributed by atoms with E-state index < -0.39 is 0 Å². The standard InChI is InChI=1S/C17H20N2O2/c18-12-14-6-8-16(9-7-14)17(21)19(10-11-20)13-15-4-2-1-3-5-15/h1-9,20H,10-13,18H2. The highest BCUT2D eigenvalue weighted by molar-refractivity contribution is 5.94. The molecule has 0 fully saturated rings. The van der Waals surface area contributed by atoms with Crippen molar-refractivity contribution in [1.82, 2.24) is 4.90 Å². The van der Waals surface area contributed by atoms with Crippen LogP contribution in [0.5, 0.6) is 0 Å². The van der Waals surface area contributed by atoms with Gasteiger partial charge in [-0.25, -0.2) is 0 Å². The second-order valence-corrected chi connectivity index (χ2v) is 4.84. The number of benzene rings is 2. The number of carbonyl (C=O) groups is 1. The van der Waals surface area contributed by atoms with Gasteiger partial charge in [0, 0.05) is 25.2 Å². The zero-order valence-corrected chi connectivity index (χ0v) is 11.9. The molecular formula is C17H20N2O2. The van der Waals surface area contributed by atoms with Crippen LogP contribution in [0, 0.1) is 0 Å². The fourth-order valence-corrected chi connectivity index (χ4v) is 2.14. The summed E-state index contributed by atoms with van der Waals surface area (Å²) in [5.74, 6) is -0.0866. The van der Waals surface area contributed by atoms with E-state index in [1.54, 1.807) is 17.0 Å². The van der Waals surface area contributed by atoms with Gasteiger partial charge in [-0.3, -0.25) is 4.79 Å². The number of hydrogen-bond donors (Lipinski definition) is 2. The van der Waals surface area contributed by atoms with Gasteiger partial charge in [-0.1, -0.05) is 42.5 Å². The third-order valence-corrected chi connectivity index (χ3v) is 3.31. The molecule has 0 unspecified atom stereocenters. The molecule has 0 saturated carbocycles. The van der Waals surface area contributed by atoms with Crippen molar-refractivity contribution in [3.8, 4) is 0 Å². The molecule has 1 amide bonds. The summed E-state index contributed by atoms with van der Waals surface area (Å²) in [6, 6.07) is 17.0. The van der Waals surface area contributed by atoms with Gasteiger partial charge in [0.1, 0.15) is 0 Å². The minimum absolute atomic E-state index is 0.0561. The molecule has 0 aliphatic carbocycles. The van der Waals surface area contributed by atoms with Gasteiger partial charge < -0.3 is 15.7 Å². The number of amides is 1.